The second-order valence-electron chi connectivity index (χ2n) is 7.15. The van der Waals surface area contributed by atoms with Crippen molar-refractivity contribution in [2.45, 2.75) is 31.3 Å². The van der Waals surface area contributed by atoms with Crippen molar-refractivity contribution >= 4 is 15.9 Å². The largest absolute Gasteiger partial charge is 0.334 e. The van der Waals surface area contributed by atoms with Crippen LogP contribution >= 0.6 is 0 Å². The molecule has 2 fully saturated rings. The van der Waals surface area contributed by atoms with Gasteiger partial charge in [-0.1, -0.05) is 6.07 Å². The third-order valence-electron chi connectivity index (χ3n) is 5.33. The van der Waals surface area contributed by atoms with Gasteiger partial charge >= 0.3 is 6.03 Å². The molecule has 130 valence electrons. The number of urea groups is 1. The Labute approximate surface area is 140 Å². The fraction of sp³-hybridized carbons (Fsp3) is 0.625. The molecular formula is C16H21N3O4S. The normalized spacial score (nSPS) is 30.7. The molecular weight excluding hydrogens is 330 g/mol. The van der Waals surface area contributed by atoms with Crippen molar-refractivity contribution in [1.82, 2.24) is 14.8 Å². The predicted octanol–water partition coefficient (Wildman–Crippen LogP) is 0.164. The Morgan fingerprint density at radius 2 is 2.04 bits per heavy atom. The summed E-state index contributed by atoms with van der Waals surface area (Å²) >= 11 is 0. The molecule has 2 amide bonds. The van der Waals surface area contributed by atoms with Crippen molar-refractivity contribution in [2.24, 2.45) is 5.92 Å². The number of hydrogen-bond donors (Lipinski definition) is 1. The number of nitrogens with zero attached hydrogens (tertiary/aromatic N) is 2. The molecule has 0 unspecified atom stereocenters. The smallest absolute Gasteiger partial charge is 0.317 e. The summed E-state index contributed by atoms with van der Waals surface area (Å²) in [4.78, 5) is 26.3. The lowest BCUT2D eigenvalue weighted by atomic mass is 9.83. The van der Waals surface area contributed by atoms with Crippen LogP contribution in [0.1, 0.15) is 24.5 Å². The van der Waals surface area contributed by atoms with Gasteiger partial charge in [-0.2, -0.15) is 0 Å². The first-order valence-corrected chi connectivity index (χ1v) is 10.2. The van der Waals surface area contributed by atoms with E-state index in [1.54, 1.807) is 17.0 Å². The zero-order valence-corrected chi connectivity index (χ0v) is 14.2. The summed E-state index contributed by atoms with van der Waals surface area (Å²) in [6.07, 6.45) is 1.48. The quantitative estimate of drug-likeness (QED) is 0.781. The number of piperidine rings is 1. The van der Waals surface area contributed by atoms with Gasteiger partial charge in [0.2, 0.25) is 0 Å². The molecule has 0 spiro atoms. The van der Waals surface area contributed by atoms with Crippen LogP contribution in [0.4, 0.5) is 4.79 Å². The first-order valence-electron chi connectivity index (χ1n) is 8.37. The second-order valence-corrected chi connectivity index (χ2v) is 9.38. The number of amides is 2. The van der Waals surface area contributed by atoms with Gasteiger partial charge in [0.25, 0.3) is 5.56 Å². The van der Waals surface area contributed by atoms with E-state index in [4.69, 9.17) is 0 Å². The number of likely N-dealkylation sites (tertiary alicyclic amines) is 1. The molecule has 0 radical (unpaired) electrons. The molecule has 1 N–H and O–H groups in total. The molecule has 7 nitrogen and oxygen atoms in total. The molecule has 0 aromatic carbocycles. The molecule has 3 aliphatic heterocycles. The number of aromatic nitrogens is 1. The molecule has 3 aliphatic rings. The van der Waals surface area contributed by atoms with Gasteiger partial charge in [-0.05, 0) is 24.8 Å². The molecule has 1 aromatic heterocycles. The minimum atomic E-state index is -3.00. The van der Waals surface area contributed by atoms with Crippen LogP contribution in [0.2, 0.25) is 0 Å². The van der Waals surface area contributed by atoms with Crippen molar-refractivity contribution in [3.8, 4) is 0 Å². The summed E-state index contributed by atoms with van der Waals surface area (Å²) in [5, 5.41) is 2.87. The van der Waals surface area contributed by atoms with Gasteiger partial charge in [0.05, 0.1) is 11.5 Å². The van der Waals surface area contributed by atoms with Gasteiger partial charge in [-0.15, -0.1) is 0 Å². The molecule has 4 rings (SSSR count). The molecule has 0 saturated carbocycles. The first kappa shape index (κ1) is 15.7. The van der Waals surface area contributed by atoms with Crippen molar-refractivity contribution < 1.29 is 13.2 Å². The van der Waals surface area contributed by atoms with Gasteiger partial charge in [0, 0.05) is 43.4 Å². The van der Waals surface area contributed by atoms with E-state index in [9.17, 15) is 18.0 Å². The van der Waals surface area contributed by atoms with Crippen LogP contribution in [0.15, 0.2) is 23.0 Å². The number of hydrogen-bond acceptors (Lipinski definition) is 4. The Hall–Kier alpha value is -1.83. The van der Waals surface area contributed by atoms with Gasteiger partial charge in [-0.3, -0.25) is 4.79 Å². The summed E-state index contributed by atoms with van der Waals surface area (Å²) in [6.45, 7) is 1.83. The average molecular weight is 351 g/mol. The number of fused-ring (bicyclic) bond motifs is 4. The van der Waals surface area contributed by atoms with E-state index in [-0.39, 0.29) is 41.0 Å². The van der Waals surface area contributed by atoms with Crippen molar-refractivity contribution in [2.75, 3.05) is 24.6 Å². The molecule has 8 heteroatoms. The molecule has 0 aliphatic carbocycles. The minimum Gasteiger partial charge on any atom is -0.334 e. The Morgan fingerprint density at radius 3 is 2.79 bits per heavy atom. The number of nitrogens with one attached hydrogen (secondary N) is 1. The Kier molecular flexibility index (Phi) is 3.67. The lowest BCUT2D eigenvalue weighted by Crippen LogP contribution is -2.53. The molecule has 3 atom stereocenters. The predicted molar refractivity (Wildman–Crippen MR) is 88.7 cm³/mol. The molecule has 4 heterocycles. The second kappa shape index (κ2) is 5.61. The van der Waals surface area contributed by atoms with E-state index in [0.29, 0.717) is 26.1 Å². The van der Waals surface area contributed by atoms with Crippen LogP contribution in [0.5, 0.6) is 0 Å². The van der Waals surface area contributed by atoms with Crippen LogP contribution in [0.25, 0.3) is 0 Å². The summed E-state index contributed by atoms with van der Waals surface area (Å²) in [7, 11) is -3.00. The molecule has 2 bridgehead atoms. The maximum Gasteiger partial charge on any atom is 0.317 e. The number of sulfone groups is 1. The Balaban J connectivity index is 1.48. The maximum absolute atomic E-state index is 12.5. The van der Waals surface area contributed by atoms with Crippen LogP contribution in [-0.2, 0) is 16.4 Å². The van der Waals surface area contributed by atoms with Crippen LogP contribution < -0.4 is 10.9 Å². The third-order valence-corrected chi connectivity index (χ3v) is 7.09. The summed E-state index contributed by atoms with van der Waals surface area (Å²) in [5.74, 6) is 0.635. The maximum atomic E-state index is 12.5. The zero-order valence-electron chi connectivity index (χ0n) is 13.3. The number of pyridine rings is 1. The van der Waals surface area contributed by atoms with E-state index >= 15 is 0 Å². The Morgan fingerprint density at radius 1 is 1.21 bits per heavy atom. The minimum absolute atomic E-state index is 0.0243. The Bertz CT molecular complexity index is 832. The topological polar surface area (TPSA) is 88.5 Å². The summed E-state index contributed by atoms with van der Waals surface area (Å²) < 4.78 is 24.9. The van der Waals surface area contributed by atoms with Crippen LogP contribution in [0.3, 0.4) is 0 Å². The number of rotatable bonds is 1. The zero-order chi connectivity index (χ0) is 16.9. The van der Waals surface area contributed by atoms with Gasteiger partial charge < -0.3 is 14.8 Å². The van der Waals surface area contributed by atoms with Crippen molar-refractivity contribution in [1.29, 1.82) is 0 Å². The third kappa shape index (κ3) is 2.83. The van der Waals surface area contributed by atoms with Crippen molar-refractivity contribution in [3.05, 3.63) is 34.2 Å². The number of carbonyl (C=O) groups is 1. The fourth-order valence-corrected chi connectivity index (χ4v) is 5.91. The lowest BCUT2D eigenvalue weighted by molar-refractivity contribution is 0.129. The standard InChI is InChI=1S/C16H21N3O4S/c20-15-3-1-2-14-12-6-11(8-19(14)15)7-18(9-12)16(21)17-13-4-5-24(22,23)10-13/h1-3,11-13H,4-10H2,(H,17,21)/t11-,12-,13-/m0/s1. The van der Waals surface area contributed by atoms with Gasteiger partial charge in [-0.25, -0.2) is 13.2 Å². The van der Waals surface area contributed by atoms with Crippen LogP contribution in [-0.4, -0.2) is 54.6 Å². The molecule has 1 aromatic rings. The van der Waals surface area contributed by atoms with E-state index in [0.717, 1.165) is 12.1 Å². The monoisotopic (exact) mass is 351 g/mol. The van der Waals surface area contributed by atoms with Crippen molar-refractivity contribution in [3.63, 3.8) is 0 Å². The number of carbonyl (C=O) groups excluding carboxylic acids is 1. The van der Waals surface area contributed by atoms with Gasteiger partial charge in [0.15, 0.2) is 9.84 Å². The first-order chi connectivity index (χ1) is 11.4. The molecule has 24 heavy (non-hydrogen) atoms. The van der Waals surface area contributed by atoms with Gasteiger partial charge in [0.1, 0.15) is 0 Å². The SMILES string of the molecule is O=C(N[C@H]1CCS(=O)(=O)C1)N1C[C@@H]2C[C@@H](C1)c1cccc(=O)n1C2. The fourth-order valence-electron chi connectivity index (χ4n) is 4.24. The van der Waals surface area contributed by atoms with E-state index in [1.807, 2.05) is 10.6 Å². The summed E-state index contributed by atoms with van der Waals surface area (Å²) in [6, 6.07) is 4.86. The highest BCUT2D eigenvalue weighted by Crippen LogP contribution is 2.34. The van der Waals surface area contributed by atoms with Crippen LogP contribution in [0, 0.1) is 5.92 Å². The highest BCUT2D eigenvalue weighted by Gasteiger charge is 2.37. The van der Waals surface area contributed by atoms with E-state index in [2.05, 4.69) is 5.32 Å². The highest BCUT2D eigenvalue weighted by molar-refractivity contribution is 7.91. The average Bonchev–Trinajstić information content (AvgIpc) is 2.87. The van der Waals surface area contributed by atoms with E-state index < -0.39 is 9.84 Å². The van der Waals surface area contributed by atoms with E-state index in [1.165, 1.54) is 0 Å². The summed E-state index contributed by atoms with van der Waals surface area (Å²) in [5.41, 5.74) is 1.02. The molecule has 2 saturated heterocycles. The highest BCUT2D eigenvalue weighted by atomic mass is 32.2. The lowest BCUT2D eigenvalue weighted by Gasteiger charge is -2.42.